The third kappa shape index (κ3) is 6.08. The number of hydrogen-bond donors (Lipinski definition) is 3. The molecule has 2 amide bonds. The van der Waals surface area contributed by atoms with Crippen LogP contribution in [0.15, 0.2) is 122 Å². The second kappa shape index (κ2) is 12.6. The molecule has 216 valence electrons. The fourth-order valence-electron chi connectivity index (χ4n) is 5.50. The number of aromatic nitrogens is 2. The average Bonchev–Trinajstić information content (AvgIpc) is 3.68. The number of hydrogen-bond acceptors (Lipinski definition) is 4. The Bertz CT molecular complexity index is 1760. The Kier molecular flexibility index (Phi) is 8.08. The average molecular weight is 573 g/mol. The van der Waals surface area contributed by atoms with Crippen molar-refractivity contribution in [2.75, 3.05) is 0 Å². The number of para-hydroxylation sites is 2. The van der Waals surface area contributed by atoms with E-state index < -0.39 is 18.2 Å². The Labute approximate surface area is 249 Å². The number of carbonyl (C=O) groups is 2. The first-order valence-electron chi connectivity index (χ1n) is 14.2. The van der Waals surface area contributed by atoms with Gasteiger partial charge in [-0.05, 0) is 41.3 Å². The lowest BCUT2D eigenvalue weighted by molar-refractivity contribution is 0.0466. The van der Waals surface area contributed by atoms with Gasteiger partial charge in [0.2, 0.25) is 0 Å². The number of carbonyl (C=O) groups excluding carboxylic acids is 2. The summed E-state index contributed by atoms with van der Waals surface area (Å²) in [5, 5.41) is 3.28. The second-order valence-electron chi connectivity index (χ2n) is 10.4. The molecule has 0 radical (unpaired) electrons. The number of H-pyrrole nitrogens is 2. The van der Waals surface area contributed by atoms with Crippen LogP contribution in [0.3, 0.4) is 0 Å². The molecule has 0 saturated heterocycles. The van der Waals surface area contributed by atoms with Crippen molar-refractivity contribution < 1.29 is 19.1 Å². The molecule has 0 fully saturated rings. The number of benzene rings is 4. The predicted octanol–water partition coefficient (Wildman–Crippen LogP) is 7.65. The van der Waals surface area contributed by atoms with Crippen molar-refractivity contribution in [1.82, 2.24) is 20.4 Å². The standard InChI is InChI=1S/C35H32N4O4/c1-24(33(29-20-36-31-18-10-8-16-27(29)31)30-21-37-32-19-11-9-17-28(30)32)39(35(41)43-23-26-14-6-3-7-15-26)38-34(40)42-22-25-12-4-2-5-13-25/h2-21,24,33,36-37H,22-23H2,1H3,(H,38,40)/t24-/m0/s1. The molecule has 2 heterocycles. The fourth-order valence-corrected chi connectivity index (χ4v) is 5.50. The summed E-state index contributed by atoms with van der Waals surface area (Å²) in [6.45, 7) is 2.01. The summed E-state index contributed by atoms with van der Waals surface area (Å²) in [7, 11) is 0. The van der Waals surface area contributed by atoms with Gasteiger partial charge in [0.1, 0.15) is 13.2 Å². The summed E-state index contributed by atoms with van der Waals surface area (Å²) in [6.07, 6.45) is 2.48. The number of hydrazine groups is 1. The van der Waals surface area contributed by atoms with Gasteiger partial charge in [0, 0.05) is 40.1 Å². The van der Waals surface area contributed by atoms with Gasteiger partial charge in [-0.3, -0.25) is 0 Å². The first-order valence-corrected chi connectivity index (χ1v) is 14.2. The molecule has 8 nitrogen and oxygen atoms in total. The molecular weight excluding hydrogens is 540 g/mol. The van der Waals surface area contributed by atoms with E-state index in [0.717, 1.165) is 44.1 Å². The topological polar surface area (TPSA) is 99.5 Å². The van der Waals surface area contributed by atoms with Gasteiger partial charge in [-0.15, -0.1) is 0 Å². The number of fused-ring (bicyclic) bond motifs is 2. The van der Waals surface area contributed by atoms with Crippen molar-refractivity contribution >= 4 is 34.0 Å². The van der Waals surface area contributed by atoms with E-state index in [1.807, 2.05) is 116 Å². The molecule has 8 heteroatoms. The first-order chi connectivity index (χ1) is 21.1. The molecule has 0 aliphatic heterocycles. The van der Waals surface area contributed by atoms with Crippen molar-refractivity contribution in [3.05, 3.63) is 144 Å². The summed E-state index contributed by atoms with van der Waals surface area (Å²) < 4.78 is 11.2. The molecule has 3 N–H and O–H groups in total. The maximum Gasteiger partial charge on any atom is 0.429 e. The minimum Gasteiger partial charge on any atom is -0.443 e. The van der Waals surface area contributed by atoms with Gasteiger partial charge < -0.3 is 19.4 Å². The monoisotopic (exact) mass is 572 g/mol. The highest BCUT2D eigenvalue weighted by Crippen LogP contribution is 2.38. The van der Waals surface area contributed by atoms with Crippen LogP contribution >= 0.6 is 0 Å². The third-order valence-electron chi connectivity index (χ3n) is 7.63. The maximum absolute atomic E-state index is 13.8. The molecule has 0 aliphatic rings. The van der Waals surface area contributed by atoms with E-state index in [4.69, 9.17) is 9.47 Å². The smallest absolute Gasteiger partial charge is 0.429 e. The summed E-state index contributed by atoms with van der Waals surface area (Å²) in [5.41, 5.74) is 8.28. The Morgan fingerprint density at radius 1 is 0.674 bits per heavy atom. The third-order valence-corrected chi connectivity index (χ3v) is 7.63. The van der Waals surface area contributed by atoms with E-state index in [1.165, 1.54) is 5.01 Å². The predicted molar refractivity (Wildman–Crippen MR) is 166 cm³/mol. The Morgan fingerprint density at radius 2 is 1.14 bits per heavy atom. The first kappa shape index (κ1) is 27.7. The van der Waals surface area contributed by atoms with Crippen molar-refractivity contribution in [3.8, 4) is 0 Å². The fraction of sp³-hybridized carbons (Fsp3) is 0.143. The lowest BCUT2D eigenvalue weighted by Crippen LogP contribution is -2.53. The zero-order valence-electron chi connectivity index (χ0n) is 23.7. The Hall–Kier alpha value is -5.50. The van der Waals surface area contributed by atoms with Gasteiger partial charge in [0.25, 0.3) is 0 Å². The van der Waals surface area contributed by atoms with Crippen LogP contribution < -0.4 is 5.43 Å². The van der Waals surface area contributed by atoms with Crippen molar-refractivity contribution in [3.63, 3.8) is 0 Å². The van der Waals surface area contributed by atoms with E-state index in [-0.39, 0.29) is 19.1 Å². The number of aromatic amines is 2. The minimum absolute atomic E-state index is 0.0501. The molecule has 0 spiro atoms. The molecule has 1 atom stereocenters. The number of amides is 2. The van der Waals surface area contributed by atoms with Crippen LogP contribution in [-0.4, -0.2) is 33.2 Å². The van der Waals surface area contributed by atoms with Gasteiger partial charge >= 0.3 is 12.2 Å². The van der Waals surface area contributed by atoms with Crippen LogP contribution in [-0.2, 0) is 22.7 Å². The van der Waals surface area contributed by atoms with Crippen molar-refractivity contribution in [2.24, 2.45) is 0 Å². The highest BCUT2D eigenvalue weighted by Gasteiger charge is 2.35. The molecule has 0 unspecified atom stereocenters. The zero-order valence-corrected chi connectivity index (χ0v) is 23.7. The molecular formula is C35H32N4O4. The Balaban J connectivity index is 1.36. The largest absolute Gasteiger partial charge is 0.443 e. The highest BCUT2D eigenvalue weighted by atomic mass is 16.6. The van der Waals surface area contributed by atoms with Gasteiger partial charge in [-0.25, -0.2) is 20.0 Å². The molecule has 0 aliphatic carbocycles. The van der Waals surface area contributed by atoms with Gasteiger partial charge in [0.15, 0.2) is 0 Å². The van der Waals surface area contributed by atoms with E-state index in [2.05, 4.69) is 27.5 Å². The number of ether oxygens (including phenoxy) is 2. The number of rotatable bonds is 8. The van der Waals surface area contributed by atoms with Crippen LogP contribution in [0, 0.1) is 0 Å². The van der Waals surface area contributed by atoms with Crippen LogP contribution in [0.5, 0.6) is 0 Å². The second-order valence-corrected chi connectivity index (χ2v) is 10.4. The summed E-state index contributed by atoms with van der Waals surface area (Å²) in [4.78, 5) is 33.6. The molecule has 6 aromatic rings. The summed E-state index contributed by atoms with van der Waals surface area (Å²) >= 11 is 0. The van der Waals surface area contributed by atoms with Gasteiger partial charge in [-0.2, -0.15) is 0 Å². The summed E-state index contributed by atoms with van der Waals surface area (Å²) in [6, 6.07) is 34.3. The molecule has 6 rings (SSSR count). The van der Waals surface area contributed by atoms with Crippen LogP contribution in [0.4, 0.5) is 9.59 Å². The van der Waals surface area contributed by atoms with Gasteiger partial charge in [0.05, 0.1) is 6.04 Å². The quantitative estimate of drug-likeness (QED) is 0.163. The lowest BCUT2D eigenvalue weighted by atomic mass is 9.85. The van der Waals surface area contributed by atoms with Crippen molar-refractivity contribution in [2.45, 2.75) is 32.1 Å². The molecule has 0 saturated carbocycles. The minimum atomic E-state index is -0.760. The highest BCUT2D eigenvalue weighted by molar-refractivity contribution is 5.88. The van der Waals surface area contributed by atoms with E-state index >= 15 is 0 Å². The van der Waals surface area contributed by atoms with Crippen LogP contribution in [0.25, 0.3) is 21.8 Å². The van der Waals surface area contributed by atoms with Gasteiger partial charge in [-0.1, -0.05) is 97.1 Å². The SMILES string of the molecule is C[C@@H](C(c1c[nH]c2ccccc12)c1c[nH]c2ccccc12)N(NC(=O)OCc1ccccc1)C(=O)OCc1ccccc1. The molecule has 2 aromatic heterocycles. The van der Waals surface area contributed by atoms with E-state index in [0.29, 0.717) is 0 Å². The number of nitrogens with one attached hydrogen (secondary N) is 3. The van der Waals surface area contributed by atoms with E-state index in [1.54, 1.807) is 0 Å². The molecule has 0 bridgehead atoms. The maximum atomic E-state index is 13.8. The lowest BCUT2D eigenvalue weighted by Gasteiger charge is -2.33. The normalized spacial score (nSPS) is 11.9. The van der Waals surface area contributed by atoms with E-state index in [9.17, 15) is 9.59 Å². The van der Waals surface area contributed by atoms with Crippen molar-refractivity contribution in [1.29, 1.82) is 0 Å². The molecule has 4 aromatic carbocycles. The van der Waals surface area contributed by atoms with Crippen LogP contribution in [0.2, 0.25) is 0 Å². The number of nitrogens with zero attached hydrogens (tertiary/aromatic N) is 1. The zero-order chi connectivity index (χ0) is 29.6. The van der Waals surface area contributed by atoms with Crippen LogP contribution in [0.1, 0.15) is 35.1 Å². The molecule has 43 heavy (non-hydrogen) atoms. The Morgan fingerprint density at radius 3 is 1.67 bits per heavy atom. The summed E-state index contributed by atoms with van der Waals surface area (Å²) in [5.74, 6) is -0.356.